The Hall–Kier alpha value is -1.55. The SMILES string of the molecule is CCCNCC(=O)OCc1cccc(OC)c1. The maximum absolute atomic E-state index is 11.3. The number of carbonyl (C=O) groups is 1. The molecule has 0 fully saturated rings. The monoisotopic (exact) mass is 237 g/mol. The quantitative estimate of drug-likeness (QED) is 0.579. The summed E-state index contributed by atoms with van der Waals surface area (Å²) in [6, 6.07) is 7.48. The molecule has 0 bridgehead atoms. The van der Waals surface area contributed by atoms with Crippen molar-refractivity contribution in [2.24, 2.45) is 0 Å². The molecule has 1 N–H and O–H groups in total. The van der Waals surface area contributed by atoms with Gasteiger partial charge in [-0.25, -0.2) is 0 Å². The lowest BCUT2D eigenvalue weighted by atomic mass is 10.2. The van der Waals surface area contributed by atoms with E-state index >= 15 is 0 Å². The Labute approximate surface area is 102 Å². The number of nitrogens with one attached hydrogen (secondary N) is 1. The third kappa shape index (κ3) is 5.36. The molecule has 0 unspecified atom stereocenters. The number of ether oxygens (including phenoxy) is 2. The first-order valence-corrected chi connectivity index (χ1v) is 5.75. The van der Waals surface area contributed by atoms with Crippen LogP contribution in [-0.2, 0) is 16.1 Å². The largest absolute Gasteiger partial charge is 0.497 e. The average Bonchev–Trinajstić information content (AvgIpc) is 2.37. The summed E-state index contributed by atoms with van der Waals surface area (Å²) in [7, 11) is 1.61. The van der Waals surface area contributed by atoms with Crippen LogP contribution in [0.15, 0.2) is 24.3 Å². The van der Waals surface area contributed by atoms with Crippen molar-refractivity contribution in [3.63, 3.8) is 0 Å². The van der Waals surface area contributed by atoms with Gasteiger partial charge in [-0.1, -0.05) is 19.1 Å². The molecule has 0 spiro atoms. The van der Waals surface area contributed by atoms with Crippen LogP contribution >= 0.6 is 0 Å². The molecule has 0 aliphatic carbocycles. The van der Waals surface area contributed by atoms with Crippen molar-refractivity contribution in [2.75, 3.05) is 20.2 Å². The number of methoxy groups -OCH3 is 1. The van der Waals surface area contributed by atoms with Gasteiger partial charge in [0.1, 0.15) is 12.4 Å². The van der Waals surface area contributed by atoms with Crippen molar-refractivity contribution >= 4 is 5.97 Å². The molecular weight excluding hydrogens is 218 g/mol. The van der Waals surface area contributed by atoms with Crippen molar-refractivity contribution < 1.29 is 14.3 Å². The van der Waals surface area contributed by atoms with Gasteiger partial charge in [0.25, 0.3) is 0 Å². The Morgan fingerprint density at radius 2 is 2.24 bits per heavy atom. The minimum absolute atomic E-state index is 0.235. The van der Waals surface area contributed by atoms with Gasteiger partial charge in [-0.2, -0.15) is 0 Å². The topological polar surface area (TPSA) is 47.6 Å². The molecule has 0 amide bonds. The van der Waals surface area contributed by atoms with Gasteiger partial charge in [0.05, 0.1) is 13.7 Å². The van der Waals surface area contributed by atoms with E-state index in [2.05, 4.69) is 12.2 Å². The fourth-order valence-electron chi connectivity index (χ4n) is 1.34. The Kier molecular flexibility index (Phi) is 6.10. The average molecular weight is 237 g/mol. The van der Waals surface area contributed by atoms with Crippen molar-refractivity contribution in [1.29, 1.82) is 0 Å². The number of rotatable bonds is 7. The number of benzene rings is 1. The highest BCUT2D eigenvalue weighted by Crippen LogP contribution is 2.13. The van der Waals surface area contributed by atoms with Crippen LogP contribution in [-0.4, -0.2) is 26.2 Å². The van der Waals surface area contributed by atoms with Crippen LogP contribution in [0.25, 0.3) is 0 Å². The fraction of sp³-hybridized carbons (Fsp3) is 0.462. The van der Waals surface area contributed by atoms with Crippen LogP contribution < -0.4 is 10.1 Å². The summed E-state index contributed by atoms with van der Waals surface area (Å²) >= 11 is 0. The van der Waals surface area contributed by atoms with Gasteiger partial charge < -0.3 is 14.8 Å². The molecule has 0 radical (unpaired) electrons. The lowest BCUT2D eigenvalue weighted by Gasteiger charge is -2.07. The van der Waals surface area contributed by atoms with E-state index in [9.17, 15) is 4.79 Å². The maximum Gasteiger partial charge on any atom is 0.320 e. The number of carbonyl (C=O) groups excluding carboxylic acids is 1. The molecular formula is C13H19NO3. The van der Waals surface area contributed by atoms with Crippen molar-refractivity contribution in [2.45, 2.75) is 20.0 Å². The predicted molar refractivity (Wildman–Crippen MR) is 66.0 cm³/mol. The molecule has 0 heterocycles. The summed E-state index contributed by atoms with van der Waals surface area (Å²) in [6.07, 6.45) is 1.00. The lowest BCUT2D eigenvalue weighted by Crippen LogP contribution is -2.25. The molecule has 1 aromatic rings. The van der Waals surface area contributed by atoms with E-state index in [0.29, 0.717) is 0 Å². The van der Waals surface area contributed by atoms with E-state index in [1.165, 1.54) is 0 Å². The molecule has 1 aromatic carbocycles. The van der Waals surface area contributed by atoms with Gasteiger partial charge in [-0.05, 0) is 30.7 Å². The Morgan fingerprint density at radius 1 is 1.41 bits per heavy atom. The zero-order chi connectivity index (χ0) is 12.5. The van der Waals surface area contributed by atoms with E-state index in [0.717, 1.165) is 24.3 Å². The molecule has 0 saturated carbocycles. The van der Waals surface area contributed by atoms with Crippen molar-refractivity contribution in [1.82, 2.24) is 5.32 Å². The molecule has 0 aliphatic rings. The van der Waals surface area contributed by atoms with Gasteiger partial charge in [-0.15, -0.1) is 0 Å². The first-order valence-electron chi connectivity index (χ1n) is 5.75. The molecule has 1 rings (SSSR count). The second-order valence-corrected chi connectivity index (χ2v) is 3.69. The Morgan fingerprint density at radius 3 is 2.94 bits per heavy atom. The molecule has 4 nitrogen and oxygen atoms in total. The summed E-state index contributed by atoms with van der Waals surface area (Å²) in [5.41, 5.74) is 0.924. The molecule has 0 saturated heterocycles. The molecule has 0 atom stereocenters. The molecule has 4 heteroatoms. The van der Waals surface area contributed by atoms with E-state index in [4.69, 9.17) is 9.47 Å². The second kappa shape index (κ2) is 7.68. The summed E-state index contributed by atoms with van der Waals surface area (Å²) in [5.74, 6) is 0.531. The van der Waals surface area contributed by atoms with Gasteiger partial charge in [0, 0.05) is 0 Å². The lowest BCUT2D eigenvalue weighted by molar-refractivity contribution is -0.143. The van der Waals surface area contributed by atoms with Crippen LogP contribution in [0.5, 0.6) is 5.75 Å². The van der Waals surface area contributed by atoms with Crippen LogP contribution in [0.3, 0.4) is 0 Å². The zero-order valence-electron chi connectivity index (χ0n) is 10.4. The standard InChI is InChI=1S/C13H19NO3/c1-3-7-14-9-13(15)17-10-11-5-4-6-12(8-11)16-2/h4-6,8,14H,3,7,9-10H2,1-2H3. The Bertz CT molecular complexity index is 352. The number of esters is 1. The van der Waals surface area contributed by atoms with Crippen LogP contribution in [0.1, 0.15) is 18.9 Å². The summed E-state index contributed by atoms with van der Waals surface area (Å²) in [6.45, 7) is 3.42. The van der Waals surface area contributed by atoms with E-state index in [1.54, 1.807) is 7.11 Å². The smallest absolute Gasteiger partial charge is 0.320 e. The number of hydrogen-bond acceptors (Lipinski definition) is 4. The predicted octanol–water partition coefficient (Wildman–Crippen LogP) is 1.74. The van der Waals surface area contributed by atoms with E-state index < -0.39 is 0 Å². The molecule has 94 valence electrons. The first kappa shape index (κ1) is 13.5. The summed E-state index contributed by atoms with van der Waals surface area (Å²) in [4.78, 5) is 11.3. The first-order chi connectivity index (χ1) is 8.26. The highest BCUT2D eigenvalue weighted by atomic mass is 16.5. The molecule has 0 aliphatic heterocycles. The second-order valence-electron chi connectivity index (χ2n) is 3.69. The maximum atomic E-state index is 11.3. The normalized spacial score (nSPS) is 10.0. The van der Waals surface area contributed by atoms with Gasteiger partial charge in [0.15, 0.2) is 0 Å². The van der Waals surface area contributed by atoms with Crippen LogP contribution in [0, 0.1) is 0 Å². The minimum Gasteiger partial charge on any atom is -0.497 e. The van der Waals surface area contributed by atoms with E-state index in [-0.39, 0.29) is 19.1 Å². The Balaban J connectivity index is 2.31. The van der Waals surface area contributed by atoms with Crippen LogP contribution in [0.4, 0.5) is 0 Å². The highest BCUT2D eigenvalue weighted by molar-refractivity contribution is 5.71. The summed E-state index contributed by atoms with van der Waals surface area (Å²) in [5, 5.41) is 2.99. The number of hydrogen-bond donors (Lipinski definition) is 1. The fourth-order valence-corrected chi connectivity index (χ4v) is 1.34. The van der Waals surface area contributed by atoms with E-state index in [1.807, 2.05) is 24.3 Å². The summed E-state index contributed by atoms with van der Waals surface area (Å²) < 4.78 is 10.2. The highest BCUT2D eigenvalue weighted by Gasteiger charge is 2.02. The third-order valence-electron chi connectivity index (χ3n) is 2.23. The van der Waals surface area contributed by atoms with Gasteiger partial charge >= 0.3 is 5.97 Å². The third-order valence-corrected chi connectivity index (χ3v) is 2.23. The van der Waals surface area contributed by atoms with Crippen molar-refractivity contribution in [3.05, 3.63) is 29.8 Å². The molecule has 0 aromatic heterocycles. The zero-order valence-corrected chi connectivity index (χ0v) is 10.4. The van der Waals surface area contributed by atoms with Gasteiger partial charge in [0.2, 0.25) is 0 Å². The van der Waals surface area contributed by atoms with Crippen molar-refractivity contribution in [3.8, 4) is 5.75 Å². The molecule has 17 heavy (non-hydrogen) atoms. The minimum atomic E-state index is -0.235. The van der Waals surface area contributed by atoms with Gasteiger partial charge in [-0.3, -0.25) is 4.79 Å². The van der Waals surface area contributed by atoms with Crippen LogP contribution in [0.2, 0.25) is 0 Å².